The number of anilines is 1. The van der Waals surface area contributed by atoms with E-state index >= 15 is 0 Å². The van der Waals surface area contributed by atoms with Crippen LogP contribution in [-0.4, -0.2) is 19.6 Å². The highest BCUT2D eigenvalue weighted by Gasteiger charge is 2.16. The van der Waals surface area contributed by atoms with E-state index in [0.29, 0.717) is 6.54 Å². The van der Waals surface area contributed by atoms with Gasteiger partial charge in [-0.1, -0.05) is 19.1 Å². The van der Waals surface area contributed by atoms with Gasteiger partial charge in [-0.2, -0.15) is 0 Å². The zero-order chi connectivity index (χ0) is 12.3. The highest BCUT2D eigenvalue weighted by atomic mass is 15.1. The number of hydrogen-bond donors (Lipinski definition) is 2. The lowest BCUT2D eigenvalue weighted by atomic mass is 9.99. The standard InChI is InChI=1S/C14H23N3/c1-11-3-2-8-17(10-11)13-6-4-12(5-7-13)14(16)9-15/h4-7,11,14H,2-3,8-10,15-16H2,1H3/t11?,14-/m1/s1. The van der Waals surface area contributed by atoms with Crippen molar-refractivity contribution in [2.24, 2.45) is 17.4 Å². The highest BCUT2D eigenvalue weighted by molar-refractivity contribution is 5.48. The maximum atomic E-state index is 5.91. The molecule has 0 aliphatic carbocycles. The zero-order valence-corrected chi connectivity index (χ0v) is 10.6. The number of benzene rings is 1. The zero-order valence-electron chi connectivity index (χ0n) is 10.6. The normalized spacial score (nSPS) is 22.5. The van der Waals surface area contributed by atoms with Crippen molar-refractivity contribution in [3.05, 3.63) is 29.8 Å². The quantitative estimate of drug-likeness (QED) is 0.838. The van der Waals surface area contributed by atoms with Crippen molar-refractivity contribution in [3.63, 3.8) is 0 Å². The molecule has 2 atom stereocenters. The first-order valence-electron chi connectivity index (χ1n) is 6.51. The molecular weight excluding hydrogens is 210 g/mol. The van der Waals surface area contributed by atoms with Gasteiger partial charge in [0.25, 0.3) is 0 Å². The third-order valence-corrected chi connectivity index (χ3v) is 3.60. The molecule has 4 N–H and O–H groups in total. The molecule has 3 nitrogen and oxygen atoms in total. The van der Waals surface area contributed by atoms with Gasteiger partial charge >= 0.3 is 0 Å². The Bertz CT molecular complexity index is 347. The molecule has 1 aliphatic heterocycles. The third-order valence-electron chi connectivity index (χ3n) is 3.60. The number of rotatable bonds is 3. The molecule has 0 aromatic heterocycles. The van der Waals surface area contributed by atoms with Crippen molar-refractivity contribution in [1.82, 2.24) is 0 Å². The van der Waals surface area contributed by atoms with Gasteiger partial charge in [-0.3, -0.25) is 0 Å². The second kappa shape index (κ2) is 5.52. The molecule has 1 fully saturated rings. The molecule has 1 unspecified atom stereocenters. The summed E-state index contributed by atoms with van der Waals surface area (Å²) in [5.41, 5.74) is 13.9. The first kappa shape index (κ1) is 12.4. The highest BCUT2D eigenvalue weighted by Crippen LogP contribution is 2.24. The Morgan fingerprint density at radius 3 is 2.65 bits per heavy atom. The Balaban J connectivity index is 2.06. The summed E-state index contributed by atoms with van der Waals surface area (Å²) in [6.07, 6.45) is 2.65. The fraction of sp³-hybridized carbons (Fsp3) is 0.571. The van der Waals surface area contributed by atoms with Gasteiger partial charge < -0.3 is 16.4 Å². The summed E-state index contributed by atoms with van der Waals surface area (Å²) in [5, 5.41) is 0. The molecule has 1 aromatic rings. The van der Waals surface area contributed by atoms with Crippen molar-refractivity contribution in [2.45, 2.75) is 25.8 Å². The molecule has 0 saturated carbocycles. The molecule has 1 saturated heterocycles. The van der Waals surface area contributed by atoms with E-state index in [1.54, 1.807) is 0 Å². The van der Waals surface area contributed by atoms with Crippen molar-refractivity contribution in [3.8, 4) is 0 Å². The Morgan fingerprint density at radius 1 is 1.35 bits per heavy atom. The summed E-state index contributed by atoms with van der Waals surface area (Å²) in [4.78, 5) is 2.46. The van der Waals surface area contributed by atoms with Crippen LogP contribution in [-0.2, 0) is 0 Å². The largest absolute Gasteiger partial charge is 0.371 e. The van der Waals surface area contributed by atoms with Gasteiger partial charge in [0.15, 0.2) is 0 Å². The van der Waals surface area contributed by atoms with Gasteiger partial charge in [-0.15, -0.1) is 0 Å². The van der Waals surface area contributed by atoms with Crippen LogP contribution in [0.4, 0.5) is 5.69 Å². The summed E-state index contributed by atoms with van der Waals surface area (Å²) in [5.74, 6) is 0.801. The first-order valence-corrected chi connectivity index (χ1v) is 6.51. The monoisotopic (exact) mass is 233 g/mol. The first-order chi connectivity index (χ1) is 8.20. The molecule has 1 heterocycles. The average Bonchev–Trinajstić information content (AvgIpc) is 2.38. The summed E-state index contributed by atoms with van der Waals surface area (Å²) in [6.45, 7) is 5.17. The van der Waals surface area contributed by atoms with E-state index in [0.717, 1.165) is 11.5 Å². The summed E-state index contributed by atoms with van der Waals surface area (Å²) >= 11 is 0. The predicted molar refractivity (Wildman–Crippen MR) is 73.0 cm³/mol. The molecule has 1 aliphatic rings. The lowest BCUT2D eigenvalue weighted by Gasteiger charge is -2.33. The summed E-state index contributed by atoms with van der Waals surface area (Å²) in [7, 11) is 0. The fourth-order valence-corrected chi connectivity index (χ4v) is 2.49. The van der Waals surface area contributed by atoms with Crippen molar-refractivity contribution in [2.75, 3.05) is 24.5 Å². The van der Waals surface area contributed by atoms with Crippen LogP contribution in [0.15, 0.2) is 24.3 Å². The van der Waals surface area contributed by atoms with E-state index in [4.69, 9.17) is 11.5 Å². The van der Waals surface area contributed by atoms with E-state index in [2.05, 4.69) is 36.1 Å². The minimum atomic E-state index is -0.0377. The molecule has 0 radical (unpaired) electrons. The molecule has 1 aromatic carbocycles. The lowest BCUT2D eigenvalue weighted by molar-refractivity contribution is 0.447. The third kappa shape index (κ3) is 2.99. The van der Waals surface area contributed by atoms with E-state index in [-0.39, 0.29) is 6.04 Å². The maximum Gasteiger partial charge on any atom is 0.0419 e. The maximum absolute atomic E-state index is 5.91. The number of nitrogens with two attached hydrogens (primary N) is 2. The lowest BCUT2D eigenvalue weighted by Crippen LogP contribution is -2.34. The molecule has 0 bridgehead atoms. The van der Waals surface area contributed by atoms with Crippen LogP contribution >= 0.6 is 0 Å². The van der Waals surface area contributed by atoms with Crippen LogP contribution in [0, 0.1) is 5.92 Å². The van der Waals surface area contributed by atoms with Gasteiger partial charge in [0.05, 0.1) is 0 Å². The van der Waals surface area contributed by atoms with Gasteiger partial charge in [0, 0.05) is 31.4 Å². The van der Waals surface area contributed by atoms with Crippen molar-refractivity contribution in [1.29, 1.82) is 0 Å². The molecule has 0 amide bonds. The molecule has 2 rings (SSSR count). The Morgan fingerprint density at radius 2 is 2.06 bits per heavy atom. The molecule has 3 heteroatoms. The molecule has 17 heavy (non-hydrogen) atoms. The molecule has 0 spiro atoms. The Kier molecular flexibility index (Phi) is 4.02. The second-order valence-corrected chi connectivity index (χ2v) is 5.13. The van der Waals surface area contributed by atoms with Crippen LogP contribution in [0.1, 0.15) is 31.4 Å². The van der Waals surface area contributed by atoms with Crippen molar-refractivity contribution < 1.29 is 0 Å². The van der Waals surface area contributed by atoms with E-state index in [1.165, 1.54) is 31.6 Å². The molecular formula is C14H23N3. The van der Waals surface area contributed by atoms with Crippen LogP contribution in [0.2, 0.25) is 0 Å². The number of hydrogen-bond acceptors (Lipinski definition) is 3. The SMILES string of the molecule is CC1CCCN(c2ccc([C@H](N)CN)cc2)C1. The predicted octanol–water partition coefficient (Wildman–Crippen LogP) is 1.88. The summed E-state index contributed by atoms with van der Waals surface area (Å²) < 4.78 is 0. The van der Waals surface area contributed by atoms with Crippen molar-refractivity contribution >= 4 is 5.69 Å². The van der Waals surface area contributed by atoms with Crippen LogP contribution in [0.3, 0.4) is 0 Å². The topological polar surface area (TPSA) is 55.3 Å². The van der Waals surface area contributed by atoms with Gasteiger partial charge in [0.1, 0.15) is 0 Å². The van der Waals surface area contributed by atoms with E-state index < -0.39 is 0 Å². The minimum absolute atomic E-state index is 0.0377. The average molecular weight is 233 g/mol. The summed E-state index contributed by atoms with van der Waals surface area (Å²) in [6, 6.07) is 8.51. The number of piperidine rings is 1. The minimum Gasteiger partial charge on any atom is -0.371 e. The molecule has 94 valence electrons. The Hall–Kier alpha value is -1.06. The van der Waals surface area contributed by atoms with Gasteiger partial charge in [0.2, 0.25) is 0 Å². The second-order valence-electron chi connectivity index (χ2n) is 5.13. The van der Waals surface area contributed by atoms with Crippen LogP contribution in [0.5, 0.6) is 0 Å². The fourth-order valence-electron chi connectivity index (χ4n) is 2.49. The number of nitrogens with zero attached hydrogens (tertiary/aromatic N) is 1. The van der Waals surface area contributed by atoms with E-state index in [1.807, 2.05) is 0 Å². The smallest absolute Gasteiger partial charge is 0.0419 e. The van der Waals surface area contributed by atoms with Gasteiger partial charge in [-0.25, -0.2) is 0 Å². The Labute approximate surface area is 104 Å². The van der Waals surface area contributed by atoms with Crippen LogP contribution in [0.25, 0.3) is 0 Å². The van der Waals surface area contributed by atoms with Crippen LogP contribution < -0.4 is 16.4 Å². The van der Waals surface area contributed by atoms with E-state index in [9.17, 15) is 0 Å². The van der Waals surface area contributed by atoms with Gasteiger partial charge in [-0.05, 0) is 36.5 Å².